The molecule has 0 fully saturated rings. The topological polar surface area (TPSA) is 77.0 Å². The highest BCUT2D eigenvalue weighted by atomic mass is 16.2. The van der Waals surface area contributed by atoms with E-state index in [4.69, 9.17) is 4.99 Å². The number of aliphatic imine (C=N–C) groups is 1. The maximum Gasteiger partial charge on any atom is 0.321 e. The fraction of sp³-hybridized carbons (Fsp3) is 0.192. The van der Waals surface area contributed by atoms with Crippen LogP contribution < -0.4 is 15.5 Å². The molecular weight excluding hydrogens is 414 g/mol. The number of fused-ring (bicyclic) bond motifs is 1. The number of hydrogen-bond donors (Lipinski definition) is 2. The zero-order valence-electron chi connectivity index (χ0n) is 18.9. The van der Waals surface area contributed by atoms with Gasteiger partial charge >= 0.3 is 6.03 Å². The summed E-state index contributed by atoms with van der Waals surface area (Å²) >= 11 is 0. The molecule has 7 heteroatoms. The molecule has 0 saturated heterocycles. The molecule has 1 heterocycles. The lowest BCUT2D eigenvalue weighted by Gasteiger charge is -2.23. The second-order valence-electron chi connectivity index (χ2n) is 8.08. The molecule has 3 aromatic carbocycles. The molecule has 3 amide bonds. The van der Waals surface area contributed by atoms with Gasteiger partial charge in [-0.1, -0.05) is 54.6 Å². The smallest absolute Gasteiger partial charge is 0.321 e. The Hall–Kier alpha value is -4.13. The van der Waals surface area contributed by atoms with Crippen molar-refractivity contribution < 1.29 is 9.59 Å². The van der Waals surface area contributed by atoms with Crippen molar-refractivity contribution in [2.24, 2.45) is 4.99 Å². The van der Waals surface area contributed by atoms with Gasteiger partial charge in [0.1, 0.15) is 5.84 Å². The Morgan fingerprint density at radius 3 is 2.52 bits per heavy atom. The summed E-state index contributed by atoms with van der Waals surface area (Å²) in [5.74, 6) is 0.318. The second-order valence-corrected chi connectivity index (χ2v) is 8.08. The summed E-state index contributed by atoms with van der Waals surface area (Å²) in [6.07, 6.45) is -1.07. The van der Waals surface area contributed by atoms with Crippen LogP contribution in [-0.2, 0) is 11.3 Å². The van der Waals surface area contributed by atoms with Crippen molar-refractivity contribution in [2.75, 3.05) is 24.3 Å². The first-order valence-electron chi connectivity index (χ1n) is 10.8. The van der Waals surface area contributed by atoms with Crippen LogP contribution in [0.1, 0.15) is 16.7 Å². The summed E-state index contributed by atoms with van der Waals surface area (Å²) in [6, 6.07) is 24.6. The Kier molecular flexibility index (Phi) is 6.40. The highest BCUT2D eigenvalue weighted by Crippen LogP contribution is 2.26. The van der Waals surface area contributed by atoms with E-state index in [0.717, 1.165) is 22.4 Å². The number of amides is 3. The number of carbonyl (C=O) groups excluding carboxylic acids is 2. The third-order valence-corrected chi connectivity index (χ3v) is 5.49. The molecule has 3 aromatic rings. The quantitative estimate of drug-likeness (QED) is 0.643. The summed E-state index contributed by atoms with van der Waals surface area (Å²) in [7, 11) is 3.63. The number of aryl methyl sites for hydroxylation is 1. The maximum absolute atomic E-state index is 13.2. The minimum absolute atomic E-state index is 0.315. The Bertz CT molecular complexity index is 1190. The first kappa shape index (κ1) is 22.1. The average Bonchev–Trinajstić information content (AvgIpc) is 2.90. The standard InChI is InChI=1S/C26H27N5O2/c1-18-10-9-13-20(16-18)27-26(33)29-23-25(32)31(3)22-15-8-7-14-21(22)24(28-23)30(2)17-19-11-5-4-6-12-19/h4-16,23H,17H2,1-3H3,(H2,27,29,33)/t23-/m0/s1. The predicted molar refractivity (Wildman–Crippen MR) is 131 cm³/mol. The van der Waals surface area contributed by atoms with Gasteiger partial charge in [-0.2, -0.15) is 0 Å². The molecule has 1 atom stereocenters. The molecule has 0 spiro atoms. The number of hydrogen-bond acceptors (Lipinski definition) is 4. The summed E-state index contributed by atoms with van der Waals surface area (Å²) < 4.78 is 0. The molecule has 0 aromatic heterocycles. The number of urea groups is 1. The summed E-state index contributed by atoms with van der Waals surface area (Å²) in [5.41, 5.74) is 4.36. The number of para-hydroxylation sites is 1. The lowest BCUT2D eigenvalue weighted by molar-refractivity contribution is -0.119. The number of carbonyl (C=O) groups is 2. The van der Waals surface area contributed by atoms with Gasteiger partial charge < -0.3 is 20.4 Å². The van der Waals surface area contributed by atoms with Gasteiger partial charge in [-0.15, -0.1) is 0 Å². The van der Waals surface area contributed by atoms with E-state index >= 15 is 0 Å². The van der Waals surface area contributed by atoms with Crippen LogP contribution in [0.4, 0.5) is 16.2 Å². The molecule has 1 aliphatic rings. The van der Waals surface area contributed by atoms with Gasteiger partial charge in [-0.3, -0.25) is 4.79 Å². The number of nitrogens with one attached hydrogen (secondary N) is 2. The fourth-order valence-electron chi connectivity index (χ4n) is 3.85. The van der Waals surface area contributed by atoms with Crippen molar-refractivity contribution in [3.05, 3.63) is 95.6 Å². The van der Waals surface area contributed by atoms with E-state index in [1.165, 1.54) is 0 Å². The minimum atomic E-state index is -1.07. The van der Waals surface area contributed by atoms with Crippen LogP contribution >= 0.6 is 0 Å². The van der Waals surface area contributed by atoms with Gasteiger partial charge in [-0.25, -0.2) is 9.79 Å². The molecule has 0 aliphatic carbocycles. The van der Waals surface area contributed by atoms with Crippen molar-refractivity contribution in [3.63, 3.8) is 0 Å². The predicted octanol–water partition coefficient (Wildman–Crippen LogP) is 4.00. The van der Waals surface area contributed by atoms with E-state index in [1.54, 1.807) is 18.0 Å². The van der Waals surface area contributed by atoms with Crippen molar-refractivity contribution >= 4 is 29.1 Å². The van der Waals surface area contributed by atoms with E-state index in [9.17, 15) is 9.59 Å². The van der Waals surface area contributed by atoms with Crippen molar-refractivity contribution in [1.82, 2.24) is 10.2 Å². The number of anilines is 2. The SMILES string of the molecule is Cc1cccc(NC(=O)N[C@@H]2N=C(N(C)Cc3ccccc3)c3ccccc3N(C)C2=O)c1. The molecule has 168 valence electrons. The van der Waals surface area contributed by atoms with Gasteiger partial charge in [0.05, 0.1) is 5.69 Å². The van der Waals surface area contributed by atoms with Crippen molar-refractivity contribution in [3.8, 4) is 0 Å². The number of rotatable bonds is 4. The summed E-state index contributed by atoms with van der Waals surface area (Å²) in [5, 5.41) is 5.52. The first-order chi connectivity index (χ1) is 15.9. The molecule has 4 rings (SSSR count). The molecule has 0 saturated carbocycles. The number of likely N-dealkylation sites (N-methyl/N-ethyl adjacent to an activating group) is 1. The Labute approximate surface area is 193 Å². The maximum atomic E-state index is 13.2. The van der Waals surface area contributed by atoms with E-state index in [-0.39, 0.29) is 5.91 Å². The highest BCUT2D eigenvalue weighted by Gasteiger charge is 2.31. The molecule has 1 aliphatic heterocycles. The van der Waals surface area contributed by atoms with Gasteiger partial charge in [0.2, 0.25) is 6.17 Å². The third-order valence-electron chi connectivity index (χ3n) is 5.49. The van der Waals surface area contributed by atoms with Crippen LogP contribution in [-0.4, -0.2) is 42.9 Å². The largest absolute Gasteiger partial charge is 0.355 e. The normalized spacial score (nSPS) is 15.2. The van der Waals surface area contributed by atoms with E-state index < -0.39 is 12.2 Å². The number of nitrogens with zero attached hydrogens (tertiary/aromatic N) is 3. The average molecular weight is 442 g/mol. The summed E-state index contributed by atoms with van der Waals surface area (Å²) in [6.45, 7) is 2.55. The van der Waals surface area contributed by atoms with Gasteiger partial charge in [0.15, 0.2) is 0 Å². The Morgan fingerprint density at radius 2 is 1.76 bits per heavy atom. The zero-order chi connectivity index (χ0) is 23.4. The molecule has 0 bridgehead atoms. The highest BCUT2D eigenvalue weighted by molar-refractivity contribution is 6.12. The Morgan fingerprint density at radius 1 is 1.03 bits per heavy atom. The lowest BCUT2D eigenvalue weighted by Crippen LogP contribution is -2.47. The third kappa shape index (κ3) is 5.03. The van der Waals surface area contributed by atoms with Crippen molar-refractivity contribution in [1.29, 1.82) is 0 Å². The van der Waals surface area contributed by atoms with E-state index in [0.29, 0.717) is 18.1 Å². The number of amidine groups is 1. The lowest BCUT2D eigenvalue weighted by atomic mass is 10.1. The Balaban J connectivity index is 1.64. The molecule has 2 N–H and O–H groups in total. The van der Waals surface area contributed by atoms with Crippen LogP contribution in [0, 0.1) is 6.92 Å². The van der Waals surface area contributed by atoms with Crippen molar-refractivity contribution in [2.45, 2.75) is 19.6 Å². The van der Waals surface area contributed by atoms with Gasteiger partial charge in [0, 0.05) is 31.9 Å². The summed E-state index contributed by atoms with van der Waals surface area (Å²) in [4.78, 5) is 34.2. The van der Waals surface area contributed by atoms with Crippen LogP contribution in [0.2, 0.25) is 0 Å². The van der Waals surface area contributed by atoms with E-state index in [1.807, 2.05) is 91.7 Å². The molecule has 33 heavy (non-hydrogen) atoms. The molecule has 0 unspecified atom stereocenters. The number of benzene rings is 3. The monoisotopic (exact) mass is 441 g/mol. The van der Waals surface area contributed by atoms with Gasteiger partial charge in [-0.05, 0) is 42.3 Å². The van der Waals surface area contributed by atoms with E-state index in [2.05, 4.69) is 10.6 Å². The molecule has 0 radical (unpaired) electrons. The number of benzodiazepines with no additional fused rings is 1. The molecule has 7 nitrogen and oxygen atoms in total. The minimum Gasteiger partial charge on any atom is -0.355 e. The van der Waals surface area contributed by atoms with Crippen LogP contribution in [0.5, 0.6) is 0 Å². The molecular formula is C26H27N5O2. The van der Waals surface area contributed by atoms with Crippen LogP contribution in [0.3, 0.4) is 0 Å². The van der Waals surface area contributed by atoms with Crippen LogP contribution in [0.15, 0.2) is 83.9 Å². The fourth-order valence-corrected chi connectivity index (χ4v) is 3.85. The first-order valence-corrected chi connectivity index (χ1v) is 10.8. The van der Waals surface area contributed by atoms with Crippen LogP contribution in [0.25, 0.3) is 0 Å². The second kappa shape index (κ2) is 9.56. The zero-order valence-corrected chi connectivity index (χ0v) is 18.9. The van der Waals surface area contributed by atoms with Gasteiger partial charge in [0.25, 0.3) is 5.91 Å².